The van der Waals surface area contributed by atoms with Crippen LogP contribution in [-0.2, 0) is 10.0 Å². The van der Waals surface area contributed by atoms with Gasteiger partial charge < -0.3 is 10.2 Å². The molecule has 1 heterocycles. The van der Waals surface area contributed by atoms with Crippen LogP contribution in [0.1, 0.15) is 18.4 Å². The lowest BCUT2D eigenvalue weighted by atomic mass is 10.2. The zero-order valence-corrected chi connectivity index (χ0v) is 17.1. The van der Waals surface area contributed by atoms with Gasteiger partial charge in [-0.2, -0.15) is 4.31 Å². The maximum Gasteiger partial charge on any atom is 0.292 e. The molecule has 2 aromatic carbocycles. The Kier molecular flexibility index (Phi) is 5.18. The Morgan fingerprint density at radius 2 is 1.69 bits per heavy atom. The first-order valence-corrected chi connectivity index (χ1v) is 11.2. The molecule has 9 heteroatoms. The molecule has 0 atom stereocenters. The van der Waals surface area contributed by atoms with Gasteiger partial charge in [-0.15, -0.1) is 0 Å². The molecule has 2 fully saturated rings. The zero-order chi connectivity index (χ0) is 20.6. The summed E-state index contributed by atoms with van der Waals surface area (Å²) in [4.78, 5) is 13.3. The molecule has 0 spiro atoms. The van der Waals surface area contributed by atoms with Gasteiger partial charge in [-0.25, -0.2) is 8.42 Å². The minimum atomic E-state index is -3.51. The SMILES string of the molecule is Cc1ccc(S(=O)(=O)N2CCN(c3ccc([N+](=O)[O-])c(NC4CC4)c3)CC2)cc1. The number of rotatable bonds is 6. The third-order valence-electron chi connectivity index (χ3n) is 5.38. The molecule has 0 unspecified atom stereocenters. The summed E-state index contributed by atoms with van der Waals surface area (Å²) >= 11 is 0. The van der Waals surface area contributed by atoms with Crippen molar-refractivity contribution < 1.29 is 13.3 Å². The highest BCUT2D eigenvalue weighted by Crippen LogP contribution is 2.34. The highest BCUT2D eigenvalue weighted by atomic mass is 32.2. The van der Waals surface area contributed by atoms with Gasteiger partial charge in [0.2, 0.25) is 10.0 Å². The molecule has 1 aliphatic heterocycles. The van der Waals surface area contributed by atoms with E-state index in [4.69, 9.17) is 0 Å². The van der Waals surface area contributed by atoms with E-state index in [9.17, 15) is 18.5 Å². The number of hydrogen-bond acceptors (Lipinski definition) is 6. The van der Waals surface area contributed by atoms with Crippen LogP contribution < -0.4 is 10.2 Å². The number of hydrogen-bond donors (Lipinski definition) is 1. The van der Waals surface area contributed by atoms with Crippen molar-refractivity contribution >= 4 is 27.1 Å². The number of nitrogens with zero attached hydrogens (tertiary/aromatic N) is 3. The minimum absolute atomic E-state index is 0.0706. The first-order chi connectivity index (χ1) is 13.8. The van der Waals surface area contributed by atoms with E-state index in [2.05, 4.69) is 10.2 Å². The normalized spacial score (nSPS) is 17.9. The number of anilines is 2. The summed E-state index contributed by atoms with van der Waals surface area (Å²) in [5.41, 5.74) is 2.49. The molecule has 0 radical (unpaired) electrons. The van der Waals surface area contributed by atoms with E-state index in [1.54, 1.807) is 36.4 Å². The smallest absolute Gasteiger partial charge is 0.292 e. The van der Waals surface area contributed by atoms with Crippen molar-refractivity contribution in [3.8, 4) is 0 Å². The van der Waals surface area contributed by atoms with Crippen LogP contribution in [0, 0.1) is 17.0 Å². The number of aryl methyl sites for hydroxylation is 1. The van der Waals surface area contributed by atoms with E-state index in [1.165, 1.54) is 10.4 Å². The minimum Gasteiger partial charge on any atom is -0.377 e. The standard InChI is InChI=1S/C20H24N4O4S/c1-15-2-7-18(8-3-15)29(27,28)23-12-10-22(11-13-23)17-6-9-20(24(25)26)19(14-17)21-16-4-5-16/h2-3,6-9,14,16,21H,4-5,10-13H2,1H3. The van der Waals surface area contributed by atoms with Gasteiger partial charge in [0, 0.05) is 44.0 Å². The summed E-state index contributed by atoms with van der Waals surface area (Å²) in [5, 5.41) is 14.5. The Morgan fingerprint density at radius 3 is 2.28 bits per heavy atom. The van der Waals surface area contributed by atoms with Crippen molar-refractivity contribution in [3.63, 3.8) is 0 Å². The Labute approximate surface area is 170 Å². The van der Waals surface area contributed by atoms with E-state index < -0.39 is 10.0 Å². The second-order valence-corrected chi connectivity index (χ2v) is 9.52. The molecule has 0 bridgehead atoms. The quantitative estimate of drug-likeness (QED) is 0.575. The summed E-state index contributed by atoms with van der Waals surface area (Å²) in [6.45, 7) is 3.74. The van der Waals surface area contributed by atoms with Gasteiger partial charge in [0.05, 0.1) is 9.82 Å². The fourth-order valence-corrected chi connectivity index (χ4v) is 4.91. The van der Waals surface area contributed by atoms with Crippen molar-refractivity contribution in [2.75, 3.05) is 36.4 Å². The van der Waals surface area contributed by atoms with Crippen LogP contribution in [0.15, 0.2) is 47.4 Å². The maximum atomic E-state index is 12.9. The van der Waals surface area contributed by atoms with E-state index in [0.29, 0.717) is 42.8 Å². The van der Waals surface area contributed by atoms with Crippen molar-refractivity contribution in [2.24, 2.45) is 0 Å². The van der Waals surface area contributed by atoms with Gasteiger partial charge in [-0.3, -0.25) is 10.1 Å². The van der Waals surface area contributed by atoms with Crippen molar-refractivity contribution in [1.29, 1.82) is 0 Å². The molecule has 0 amide bonds. The van der Waals surface area contributed by atoms with Crippen molar-refractivity contribution in [2.45, 2.75) is 30.7 Å². The number of nitro benzene ring substituents is 1. The molecule has 154 valence electrons. The van der Waals surface area contributed by atoms with E-state index >= 15 is 0 Å². The van der Waals surface area contributed by atoms with Crippen LogP contribution in [0.5, 0.6) is 0 Å². The molecule has 1 N–H and O–H groups in total. The predicted molar refractivity (Wildman–Crippen MR) is 112 cm³/mol. The Bertz CT molecular complexity index is 1010. The van der Waals surface area contributed by atoms with Crippen LogP contribution in [0.25, 0.3) is 0 Å². The number of piperazine rings is 1. The number of benzene rings is 2. The van der Waals surface area contributed by atoms with Gasteiger partial charge in [-0.1, -0.05) is 17.7 Å². The molecule has 8 nitrogen and oxygen atoms in total. The third kappa shape index (κ3) is 4.20. The van der Waals surface area contributed by atoms with Crippen LogP contribution in [-0.4, -0.2) is 49.9 Å². The number of nitrogens with one attached hydrogen (secondary N) is 1. The molecule has 2 aromatic rings. The van der Waals surface area contributed by atoms with Gasteiger partial charge in [-0.05, 0) is 44.0 Å². The first-order valence-electron chi connectivity index (χ1n) is 9.71. The lowest BCUT2D eigenvalue weighted by Crippen LogP contribution is -2.48. The lowest BCUT2D eigenvalue weighted by Gasteiger charge is -2.35. The summed E-state index contributed by atoms with van der Waals surface area (Å²) in [7, 11) is -3.51. The van der Waals surface area contributed by atoms with Crippen LogP contribution in [0.3, 0.4) is 0 Å². The maximum absolute atomic E-state index is 12.9. The molecule has 4 rings (SSSR count). The Balaban J connectivity index is 1.48. The fraction of sp³-hybridized carbons (Fsp3) is 0.400. The van der Waals surface area contributed by atoms with Crippen molar-refractivity contribution in [1.82, 2.24) is 4.31 Å². The lowest BCUT2D eigenvalue weighted by molar-refractivity contribution is -0.384. The van der Waals surface area contributed by atoms with E-state index in [-0.39, 0.29) is 10.6 Å². The predicted octanol–water partition coefficient (Wildman–Crippen LogP) is 2.99. The average Bonchev–Trinajstić information content (AvgIpc) is 3.52. The topological polar surface area (TPSA) is 95.8 Å². The summed E-state index contributed by atoms with van der Waals surface area (Å²) in [6.07, 6.45) is 2.05. The second-order valence-electron chi connectivity index (χ2n) is 7.58. The molecule has 1 aliphatic carbocycles. The summed E-state index contributed by atoms with van der Waals surface area (Å²) < 4.78 is 27.2. The Morgan fingerprint density at radius 1 is 1.03 bits per heavy atom. The average molecular weight is 417 g/mol. The molecular formula is C20H24N4O4S. The molecule has 0 aromatic heterocycles. The van der Waals surface area contributed by atoms with Gasteiger partial charge in [0.15, 0.2) is 0 Å². The zero-order valence-electron chi connectivity index (χ0n) is 16.2. The van der Waals surface area contributed by atoms with Crippen LogP contribution in [0.2, 0.25) is 0 Å². The first kappa shape index (κ1) is 19.7. The van der Waals surface area contributed by atoms with Gasteiger partial charge in [0.1, 0.15) is 5.69 Å². The highest BCUT2D eigenvalue weighted by molar-refractivity contribution is 7.89. The van der Waals surface area contributed by atoms with E-state index in [0.717, 1.165) is 24.1 Å². The molecular weight excluding hydrogens is 392 g/mol. The Hall–Kier alpha value is -2.65. The number of nitro groups is 1. The summed E-state index contributed by atoms with van der Waals surface area (Å²) in [6, 6.07) is 12.3. The monoisotopic (exact) mass is 416 g/mol. The van der Waals surface area contributed by atoms with Gasteiger partial charge >= 0.3 is 0 Å². The number of sulfonamides is 1. The second kappa shape index (κ2) is 7.64. The third-order valence-corrected chi connectivity index (χ3v) is 7.29. The molecule has 1 saturated carbocycles. The molecule has 2 aliphatic rings. The highest BCUT2D eigenvalue weighted by Gasteiger charge is 2.30. The van der Waals surface area contributed by atoms with Crippen LogP contribution in [0.4, 0.5) is 17.1 Å². The molecule has 1 saturated heterocycles. The largest absolute Gasteiger partial charge is 0.377 e. The summed E-state index contributed by atoms with van der Waals surface area (Å²) in [5.74, 6) is 0. The van der Waals surface area contributed by atoms with Gasteiger partial charge in [0.25, 0.3) is 5.69 Å². The van der Waals surface area contributed by atoms with Crippen molar-refractivity contribution in [3.05, 3.63) is 58.1 Å². The van der Waals surface area contributed by atoms with E-state index in [1.807, 2.05) is 6.92 Å². The van der Waals surface area contributed by atoms with Crippen LogP contribution >= 0.6 is 0 Å². The fourth-order valence-electron chi connectivity index (χ4n) is 3.49. The molecule has 29 heavy (non-hydrogen) atoms.